The fourth-order valence-corrected chi connectivity index (χ4v) is 3.13. The summed E-state index contributed by atoms with van der Waals surface area (Å²) in [5.74, 6) is 2.11. The number of ether oxygens (including phenoxy) is 3. The monoisotopic (exact) mass is 388 g/mol. The number of methoxy groups -OCH3 is 2. The Labute approximate surface area is 168 Å². The van der Waals surface area contributed by atoms with Gasteiger partial charge < -0.3 is 18.6 Å². The first-order chi connectivity index (χ1) is 14.2. The summed E-state index contributed by atoms with van der Waals surface area (Å²) in [5.41, 5.74) is 2.03. The minimum Gasteiger partial charge on any atom is -0.493 e. The maximum absolute atomic E-state index is 12.6. The Morgan fingerprint density at radius 1 is 0.793 bits per heavy atom. The molecule has 146 valence electrons. The highest BCUT2D eigenvalue weighted by atomic mass is 16.5. The summed E-state index contributed by atoms with van der Waals surface area (Å²) in [4.78, 5) is 12.6. The maximum atomic E-state index is 12.6. The van der Waals surface area contributed by atoms with Crippen LogP contribution in [0.5, 0.6) is 17.2 Å². The van der Waals surface area contributed by atoms with Crippen molar-refractivity contribution in [2.24, 2.45) is 0 Å². The zero-order valence-corrected chi connectivity index (χ0v) is 16.2. The normalized spacial score (nSPS) is 10.7. The van der Waals surface area contributed by atoms with Crippen LogP contribution in [-0.4, -0.2) is 14.2 Å². The topological polar surface area (TPSA) is 57.9 Å². The fourth-order valence-electron chi connectivity index (χ4n) is 3.13. The largest absolute Gasteiger partial charge is 0.493 e. The second-order valence-corrected chi connectivity index (χ2v) is 6.45. The lowest BCUT2D eigenvalue weighted by molar-refractivity contribution is 0.284. The number of rotatable bonds is 6. The molecule has 0 aliphatic rings. The molecule has 0 spiro atoms. The van der Waals surface area contributed by atoms with Crippen molar-refractivity contribution < 1.29 is 18.6 Å². The smallest absolute Gasteiger partial charge is 0.193 e. The van der Waals surface area contributed by atoms with E-state index in [9.17, 15) is 4.79 Å². The van der Waals surface area contributed by atoms with Crippen LogP contribution in [0.1, 0.15) is 5.56 Å². The molecule has 0 unspecified atom stereocenters. The van der Waals surface area contributed by atoms with E-state index in [-0.39, 0.29) is 5.43 Å². The van der Waals surface area contributed by atoms with Crippen molar-refractivity contribution in [3.63, 3.8) is 0 Å². The lowest BCUT2D eigenvalue weighted by Crippen LogP contribution is -2.02. The first-order valence-electron chi connectivity index (χ1n) is 9.15. The van der Waals surface area contributed by atoms with E-state index in [1.165, 1.54) is 6.07 Å². The van der Waals surface area contributed by atoms with Gasteiger partial charge in [-0.25, -0.2) is 0 Å². The van der Waals surface area contributed by atoms with E-state index in [2.05, 4.69) is 0 Å². The number of fused-ring (bicyclic) bond motifs is 1. The van der Waals surface area contributed by atoms with Crippen LogP contribution in [0.3, 0.4) is 0 Å². The molecule has 0 radical (unpaired) electrons. The molecular weight excluding hydrogens is 368 g/mol. The van der Waals surface area contributed by atoms with Crippen molar-refractivity contribution in [2.75, 3.05) is 14.2 Å². The standard InChI is InChI=1S/C24H20O5/c1-26-20-12-11-17(13-23(20)28-15-16-7-4-3-5-8-16)22-14-19(25)18-9-6-10-21(27-2)24(18)29-22/h3-14H,15H2,1-2H3. The van der Waals surface area contributed by atoms with E-state index in [4.69, 9.17) is 18.6 Å². The number of hydrogen-bond acceptors (Lipinski definition) is 5. The number of hydrogen-bond donors (Lipinski definition) is 0. The third-order valence-corrected chi connectivity index (χ3v) is 4.62. The molecule has 3 aromatic carbocycles. The zero-order valence-electron chi connectivity index (χ0n) is 16.2. The summed E-state index contributed by atoms with van der Waals surface area (Å²) < 4.78 is 22.8. The van der Waals surface area contributed by atoms with Gasteiger partial charge in [0.1, 0.15) is 12.4 Å². The molecule has 0 atom stereocenters. The average Bonchev–Trinajstić information content (AvgIpc) is 2.77. The molecule has 29 heavy (non-hydrogen) atoms. The van der Waals surface area contributed by atoms with Crippen LogP contribution in [0.25, 0.3) is 22.3 Å². The van der Waals surface area contributed by atoms with Crippen LogP contribution in [0.15, 0.2) is 82.0 Å². The van der Waals surface area contributed by atoms with Crippen molar-refractivity contribution in [3.8, 4) is 28.6 Å². The molecule has 4 aromatic rings. The van der Waals surface area contributed by atoms with E-state index in [1.54, 1.807) is 44.6 Å². The van der Waals surface area contributed by atoms with Crippen molar-refractivity contribution >= 4 is 11.0 Å². The van der Waals surface area contributed by atoms with Crippen LogP contribution in [0.4, 0.5) is 0 Å². The van der Waals surface area contributed by atoms with E-state index in [0.717, 1.165) is 5.56 Å². The SMILES string of the molecule is COc1ccc(-c2cc(=O)c3cccc(OC)c3o2)cc1OCc1ccccc1. The van der Waals surface area contributed by atoms with Gasteiger partial charge in [-0.2, -0.15) is 0 Å². The van der Waals surface area contributed by atoms with Gasteiger partial charge in [0, 0.05) is 11.6 Å². The van der Waals surface area contributed by atoms with Gasteiger partial charge in [0.05, 0.1) is 19.6 Å². The highest BCUT2D eigenvalue weighted by molar-refractivity contribution is 5.84. The van der Waals surface area contributed by atoms with E-state index in [1.807, 2.05) is 36.4 Å². The molecule has 0 aliphatic carbocycles. The first-order valence-corrected chi connectivity index (χ1v) is 9.15. The third-order valence-electron chi connectivity index (χ3n) is 4.62. The molecule has 0 bridgehead atoms. The summed E-state index contributed by atoms with van der Waals surface area (Å²) >= 11 is 0. The van der Waals surface area contributed by atoms with Gasteiger partial charge in [-0.05, 0) is 35.9 Å². The van der Waals surface area contributed by atoms with Crippen molar-refractivity contribution in [1.29, 1.82) is 0 Å². The van der Waals surface area contributed by atoms with Crippen molar-refractivity contribution in [3.05, 3.63) is 88.6 Å². The fraction of sp³-hybridized carbons (Fsp3) is 0.125. The Bertz CT molecular complexity index is 1200. The van der Waals surface area contributed by atoms with Gasteiger partial charge in [-0.3, -0.25) is 4.79 Å². The average molecular weight is 388 g/mol. The minimum absolute atomic E-state index is 0.136. The van der Waals surface area contributed by atoms with Crippen LogP contribution < -0.4 is 19.6 Å². The molecule has 0 N–H and O–H groups in total. The van der Waals surface area contributed by atoms with Gasteiger partial charge in [0.25, 0.3) is 0 Å². The van der Waals surface area contributed by atoms with Crippen molar-refractivity contribution in [1.82, 2.24) is 0 Å². The lowest BCUT2D eigenvalue weighted by atomic mass is 10.1. The molecule has 5 nitrogen and oxygen atoms in total. The van der Waals surface area contributed by atoms with Crippen LogP contribution in [0.2, 0.25) is 0 Å². The summed E-state index contributed by atoms with van der Waals surface area (Å²) in [6.07, 6.45) is 0. The quantitative estimate of drug-likeness (QED) is 0.462. The highest BCUT2D eigenvalue weighted by Crippen LogP contribution is 2.34. The minimum atomic E-state index is -0.136. The highest BCUT2D eigenvalue weighted by Gasteiger charge is 2.13. The molecule has 0 amide bonds. The van der Waals surface area contributed by atoms with Crippen LogP contribution >= 0.6 is 0 Å². The Morgan fingerprint density at radius 2 is 1.59 bits per heavy atom. The van der Waals surface area contributed by atoms with Crippen LogP contribution in [0, 0.1) is 0 Å². The lowest BCUT2D eigenvalue weighted by Gasteiger charge is -2.13. The molecule has 1 heterocycles. The van der Waals surface area contributed by atoms with Gasteiger partial charge in [-0.1, -0.05) is 36.4 Å². The van der Waals surface area contributed by atoms with Crippen molar-refractivity contribution in [2.45, 2.75) is 6.61 Å². The first kappa shape index (κ1) is 18.6. The molecule has 0 saturated heterocycles. The molecule has 0 fully saturated rings. The summed E-state index contributed by atoms with van der Waals surface area (Å²) in [5, 5.41) is 0.474. The number of para-hydroxylation sites is 1. The summed E-state index contributed by atoms with van der Waals surface area (Å²) in [6.45, 7) is 0.399. The molecule has 5 heteroatoms. The summed E-state index contributed by atoms with van der Waals surface area (Å²) in [7, 11) is 3.13. The molecule has 0 aliphatic heterocycles. The van der Waals surface area contributed by atoms with Gasteiger partial charge in [-0.15, -0.1) is 0 Å². The Morgan fingerprint density at radius 3 is 2.34 bits per heavy atom. The van der Waals surface area contributed by atoms with Crippen LogP contribution in [-0.2, 0) is 6.61 Å². The van der Waals surface area contributed by atoms with Gasteiger partial charge in [0.15, 0.2) is 28.3 Å². The molecule has 0 saturated carbocycles. The molecule has 4 rings (SSSR count). The van der Waals surface area contributed by atoms with E-state index < -0.39 is 0 Å². The maximum Gasteiger partial charge on any atom is 0.193 e. The zero-order chi connectivity index (χ0) is 20.2. The Balaban J connectivity index is 1.74. The van der Waals surface area contributed by atoms with E-state index in [0.29, 0.717) is 46.1 Å². The van der Waals surface area contributed by atoms with E-state index >= 15 is 0 Å². The van der Waals surface area contributed by atoms with Gasteiger partial charge in [0.2, 0.25) is 0 Å². The second kappa shape index (κ2) is 8.10. The Kier molecular flexibility index (Phi) is 5.20. The predicted molar refractivity (Wildman–Crippen MR) is 112 cm³/mol. The Hall–Kier alpha value is -3.73. The summed E-state index contributed by atoms with van der Waals surface area (Å²) in [6, 6.07) is 22.0. The molecular formula is C24H20O5. The van der Waals surface area contributed by atoms with Gasteiger partial charge >= 0.3 is 0 Å². The number of benzene rings is 3. The predicted octanol–water partition coefficient (Wildman–Crippen LogP) is 5.06. The second-order valence-electron chi connectivity index (χ2n) is 6.45. The third kappa shape index (κ3) is 3.80. The molecule has 1 aromatic heterocycles.